The third-order valence-electron chi connectivity index (χ3n) is 7.14. The summed E-state index contributed by atoms with van der Waals surface area (Å²) >= 11 is 0. The molecule has 2 aromatic carbocycles. The molecule has 1 atom stereocenters. The van der Waals surface area contributed by atoms with Gasteiger partial charge in [-0.15, -0.1) is 0 Å². The fraction of sp³-hybridized carbons (Fsp3) is 0.407. The number of aromatic nitrogens is 1. The van der Waals surface area contributed by atoms with E-state index in [0.717, 1.165) is 59.2 Å². The Morgan fingerprint density at radius 3 is 2.42 bits per heavy atom. The molecule has 2 aliphatic rings. The molecule has 0 saturated heterocycles. The summed E-state index contributed by atoms with van der Waals surface area (Å²) in [4.78, 5) is 29.5. The van der Waals surface area contributed by atoms with E-state index in [1.165, 1.54) is 0 Å². The fourth-order valence-corrected chi connectivity index (χ4v) is 5.49. The molecule has 33 heavy (non-hydrogen) atoms. The van der Waals surface area contributed by atoms with Crippen LogP contribution in [0.3, 0.4) is 0 Å². The van der Waals surface area contributed by atoms with Crippen molar-refractivity contribution in [2.24, 2.45) is 0 Å². The van der Waals surface area contributed by atoms with Crippen molar-refractivity contribution in [3.63, 3.8) is 0 Å². The maximum atomic E-state index is 14.0. The number of amides is 2. The monoisotopic (exact) mass is 445 g/mol. The number of fused-ring (bicyclic) bond motifs is 3. The summed E-state index contributed by atoms with van der Waals surface area (Å²) in [5.41, 5.74) is 3.30. The van der Waals surface area contributed by atoms with Gasteiger partial charge in [-0.2, -0.15) is 0 Å². The summed E-state index contributed by atoms with van der Waals surface area (Å²) in [6.07, 6.45) is 4.25. The van der Waals surface area contributed by atoms with Gasteiger partial charge in [-0.1, -0.05) is 18.9 Å². The van der Waals surface area contributed by atoms with Crippen LogP contribution in [0.2, 0.25) is 0 Å². The van der Waals surface area contributed by atoms with E-state index in [0.29, 0.717) is 12.2 Å². The number of rotatable bonds is 4. The number of ether oxygens (including phenoxy) is 1. The van der Waals surface area contributed by atoms with E-state index in [-0.39, 0.29) is 17.9 Å². The SMILES string of the molecule is COc1ccc2cc3n(c2c1)CC(C)(C(=O)NC1CCCC1)N(c1cc(C)cc(C)c1)C3=O. The van der Waals surface area contributed by atoms with Crippen LogP contribution in [0.5, 0.6) is 5.75 Å². The van der Waals surface area contributed by atoms with Gasteiger partial charge >= 0.3 is 0 Å². The maximum absolute atomic E-state index is 14.0. The highest BCUT2D eigenvalue weighted by molar-refractivity contribution is 6.14. The molecule has 3 aromatic rings. The van der Waals surface area contributed by atoms with Gasteiger partial charge in [0.25, 0.3) is 5.91 Å². The van der Waals surface area contributed by atoms with Gasteiger partial charge in [-0.05, 0) is 75.1 Å². The molecular weight excluding hydrogens is 414 g/mol. The Balaban J connectivity index is 1.67. The molecule has 1 aliphatic carbocycles. The lowest BCUT2D eigenvalue weighted by molar-refractivity contribution is -0.127. The van der Waals surface area contributed by atoms with Gasteiger partial charge in [0.05, 0.1) is 19.2 Å². The smallest absolute Gasteiger partial charge is 0.275 e. The summed E-state index contributed by atoms with van der Waals surface area (Å²) in [6, 6.07) is 14.0. The van der Waals surface area contributed by atoms with Crippen LogP contribution < -0.4 is 15.0 Å². The van der Waals surface area contributed by atoms with Crippen molar-refractivity contribution < 1.29 is 14.3 Å². The number of hydrogen-bond donors (Lipinski definition) is 1. The molecule has 6 heteroatoms. The first-order chi connectivity index (χ1) is 15.8. The van der Waals surface area contributed by atoms with E-state index in [2.05, 4.69) is 11.4 Å². The van der Waals surface area contributed by atoms with Crippen LogP contribution in [0.1, 0.15) is 54.2 Å². The highest BCUT2D eigenvalue weighted by Gasteiger charge is 2.49. The highest BCUT2D eigenvalue weighted by atomic mass is 16.5. The molecule has 2 amide bonds. The van der Waals surface area contributed by atoms with Gasteiger partial charge in [0.15, 0.2) is 0 Å². The molecule has 1 saturated carbocycles. The Bertz CT molecular complexity index is 1230. The van der Waals surface area contributed by atoms with Gasteiger partial charge in [0.1, 0.15) is 17.0 Å². The van der Waals surface area contributed by atoms with Crippen molar-refractivity contribution in [1.82, 2.24) is 9.88 Å². The number of benzene rings is 2. The number of nitrogens with zero attached hydrogens (tertiary/aromatic N) is 2. The average Bonchev–Trinajstić information content (AvgIpc) is 3.40. The second-order valence-corrected chi connectivity index (χ2v) is 9.76. The van der Waals surface area contributed by atoms with E-state index < -0.39 is 5.54 Å². The molecule has 6 nitrogen and oxygen atoms in total. The lowest BCUT2D eigenvalue weighted by atomic mass is 9.92. The molecule has 1 aliphatic heterocycles. The summed E-state index contributed by atoms with van der Waals surface area (Å²) in [5.74, 6) is 0.465. The lowest BCUT2D eigenvalue weighted by Crippen LogP contribution is -2.65. The van der Waals surface area contributed by atoms with Crippen LogP contribution in [-0.2, 0) is 11.3 Å². The second kappa shape index (κ2) is 7.94. The zero-order chi connectivity index (χ0) is 23.3. The van der Waals surface area contributed by atoms with Gasteiger partial charge in [-0.3, -0.25) is 14.5 Å². The largest absolute Gasteiger partial charge is 0.497 e. The zero-order valence-electron chi connectivity index (χ0n) is 19.8. The molecule has 1 fully saturated rings. The minimum absolute atomic E-state index is 0.0997. The predicted octanol–water partition coefficient (Wildman–Crippen LogP) is 4.74. The third-order valence-corrected chi connectivity index (χ3v) is 7.14. The zero-order valence-corrected chi connectivity index (χ0v) is 19.8. The van der Waals surface area contributed by atoms with Crippen LogP contribution >= 0.6 is 0 Å². The van der Waals surface area contributed by atoms with Crippen molar-refractivity contribution in [2.45, 2.75) is 64.6 Å². The van der Waals surface area contributed by atoms with Crippen LogP contribution in [0, 0.1) is 13.8 Å². The van der Waals surface area contributed by atoms with E-state index in [1.54, 1.807) is 12.0 Å². The molecule has 0 bridgehead atoms. The molecule has 172 valence electrons. The van der Waals surface area contributed by atoms with Crippen molar-refractivity contribution in [2.75, 3.05) is 12.0 Å². The van der Waals surface area contributed by atoms with E-state index >= 15 is 0 Å². The number of nitrogens with one attached hydrogen (secondary N) is 1. The molecule has 5 rings (SSSR count). The van der Waals surface area contributed by atoms with E-state index in [4.69, 9.17) is 4.74 Å². The molecule has 1 N–H and O–H groups in total. The first-order valence-corrected chi connectivity index (χ1v) is 11.7. The fourth-order valence-electron chi connectivity index (χ4n) is 5.49. The lowest BCUT2D eigenvalue weighted by Gasteiger charge is -2.44. The molecule has 1 unspecified atom stereocenters. The number of methoxy groups -OCH3 is 1. The normalized spacial score (nSPS) is 20.8. The van der Waals surface area contributed by atoms with Crippen LogP contribution in [0.25, 0.3) is 10.9 Å². The Morgan fingerprint density at radius 2 is 1.76 bits per heavy atom. The summed E-state index contributed by atoms with van der Waals surface area (Å²) < 4.78 is 7.41. The molecule has 1 aromatic heterocycles. The second-order valence-electron chi connectivity index (χ2n) is 9.76. The number of anilines is 1. The summed E-state index contributed by atoms with van der Waals surface area (Å²) in [5, 5.41) is 4.22. The maximum Gasteiger partial charge on any atom is 0.275 e. The third kappa shape index (κ3) is 3.58. The minimum atomic E-state index is -1.07. The quantitative estimate of drug-likeness (QED) is 0.631. The Morgan fingerprint density at radius 1 is 1.06 bits per heavy atom. The number of aryl methyl sites for hydroxylation is 2. The van der Waals surface area contributed by atoms with Crippen molar-refractivity contribution in [3.05, 3.63) is 59.3 Å². The Labute approximate surface area is 194 Å². The Hall–Kier alpha value is -3.28. The van der Waals surface area contributed by atoms with Crippen molar-refractivity contribution in [1.29, 1.82) is 0 Å². The predicted molar refractivity (Wildman–Crippen MR) is 130 cm³/mol. The standard InChI is InChI=1S/C27H31N3O3/c1-17-11-18(2)13-21(12-17)30-25(31)24-14-19-9-10-22(33-4)15-23(19)29(24)16-27(30,3)26(32)28-20-7-5-6-8-20/h9-15,20H,5-8,16H2,1-4H3,(H,28,32). The van der Waals surface area contributed by atoms with Crippen molar-refractivity contribution in [3.8, 4) is 5.75 Å². The van der Waals surface area contributed by atoms with Crippen molar-refractivity contribution >= 4 is 28.4 Å². The number of carbonyl (C=O) groups excluding carboxylic acids is 2. The average molecular weight is 446 g/mol. The Kier molecular flexibility index (Phi) is 5.19. The van der Waals surface area contributed by atoms with Crippen LogP contribution in [0.15, 0.2) is 42.5 Å². The number of carbonyl (C=O) groups is 2. The summed E-state index contributed by atoms with van der Waals surface area (Å²) in [7, 11) is 1.63. The first-order valence-electron chi connectivity index (χ1n) is 11.7. The van der Waals surface area contributed by atoms with Gasteiger partial charge in [0.2, 0.25) is 5.91 Å². The van der Waals surface area contributed by atoms with Gasteiger partial charge in [0, 0.05) is 23.2 Å². The molecular formula is C27H31N3O3. The minimum Gasteiger partial charge on any atom is -0.497 e. The topological polar surface area (TPSA) is 63.6 Å². The molecule has 0 radical (unpaired) electrons. The molecule has 2 heterocycles. The van der Waals surface area contributed by atoms with E-state index in [1.807, 2.05) is 61.7 Å². The summed E-state index contributed by atoms with van der Waals surface area (Å²) in [6.45, 7) is 6.30. The van der Waals surface area contributed by atoms with Crippen LogP contribution in [0.4, 0.5) is 5.69 Å². The van der Waals surface area contributed by atoms with Crippen LogP contribution in [-0.4, -0.2) is 35.1 Å². The van der Waals surface area contributed by atoms with Gasteiger partial charge in [-0.25, -0.2) is 0 Å². The van der Waals surface area contributed by atoms with E-state index in [9.17, 15) is 9.59 Å². The first kappa shape index (κ1) is 21.6. The highest BCUT2D eigenvalue weighted by Crippen LogP contribution is 2.37. The van der Waals surface area contributed by atoms with Gasteiger partial charge < -0.3 is 14.6 Å². The number of hydrogen-bond acceptors (Lipinski definition) is 3. The molecule has 0 spiro atoms.